The normalized spacial score (nSPS) is 20.3. The molecule has 0 radical (unpaired) electrons. The van der Waals surface area contributed by atoms with Gasteiger partial charge in [0.15, 0.2) is 0 Å². The van der Waals surface area contributed by atoms with Crippen LogP contribution < -0.4 is 9.47 Å². The molecule has 2 heterocycles. The average Bonchev–Trinajstić information content (AvgIpc) is 3.24. The maximum absolute atomic E-state index is 11.4. The van der Waals surface area contributed by atoms with Crippen molar-refractivity contribution in [2.45, 2.75) is 238 Å². The van der Waals surface area contributed by atoms with Crippen molar-refractivity contribution in [2.24, 2.45) is 0 Å². The molecule has 2 aliphatic heterocycles. The number of likely N-dealkylation sites (tertiary alicyclic amines) is 2. The van der Waals surface area contributed by atoms with Crippen molar-refractivity contribution < 1.29 is 19.7 Å². The SMILES string of the molecule is CCCCCCCCN(CC(O)COc1ccc(C(C)(C)c2ccc(OCC(O)CN(CCCCCCCC)C3CC(C)(C)N(C)C(C)(C)C3)cc2)cc1)C1CC(C)(C)N(C)C(C)(C)C1. The first-order valence-corrected chi connectivity index (χ1v) is 26.3. The van der Waals surface area contributed by atoms with Gasteiger partial charge in [0, 0.05) is 52.7 Å². The fraction of sp³-hybridized carbons (Fsp3) is 0.789. The summed E-state index contributed by atoms with van der Waals surface area (Å²) in [7, 11) is 4.54. The highest BCUT2D eigenvalue weighted by molar-refractivity contribution is 5.42. The highest BCUT2D eigenvalue weighted by Crippen LogP contribution is 2.41. The second-order valence-corrected chi connectivity index (χ2v) is 23.6. The maximum Gasteiger partial charge on any atom is 0.119 e. The minimum Gasteiger partial charge on any atom is -0.491 e. The minimum absolute atomic E-state index is 0.0968. The van der Waals surface area contributed by atoms with Crippen molar-refractivity contribution >= 4 is 0 Å². The lowest BCUT2D eigenvalue weighted by molar-refractivity contribution is -0.0574. The molecule has 0 bridgehead atoms. The van der Waals surface area contributed by atoms with Gasteiger partial charge in [-0.05, 0) is 156 Å². The van der Waals surface area contributed by atoms with Crippen LogP contribution in [0, 0.1) is 0 Å². The number of aliphatic hydroxyl groups excluding tert-OH is 2. The lowest BCUT2D eigenvalue weighted by atomic mass is 9.76. The van der Waals surface area contributed by atoms with Crippen LogP contribution in [0.15, 0.2) is 48.5 Å². The van der Waals surface area contributed by atoms with Gasteiger partial charge in [0.25, 0.3) is 0 Å². The Bertz CT molecular complexity index is 1480. The molecule has 8 heteroatoms. The predicted molar refractivity (Wildman–Crippen MR) is 276 cm³/mol. The molecule has 2 saturated heterocycles. The Labute approximate surface area is 400 Å². The third kappa shape index (κ3) is 16.5. The topological polar surface area (TPSA) is 71.9 Å². The first-order chi connectivity index (χ1) is 30.5. The van der Waals surface area contributed by atoms with Gasteiger partial charge in [0.2, 0.25) is 0 Å². The number of ether oxygens (including phenoxy) is 2. The van der Waals surface area contributed by atoms with E-state index < -0.39 is 12.2 Å². The Morgan fingerprint density at radius 1 is 0.523 bits per heavy atom. The van der Waals surface area contributed by atoms with Crippen molar-refractivity contribution in [3.8, 4) is 11.5 Å². The molecule has 0 saturated carbocycles. The van der Waals surface area contributed by atoms with E-state index in [1.165, 1.54) is 88.2 Å². The third-order valence-corrected chi connectivity index (χ3v) is 16.1. The number of benzene rings is 2. The van der Waals surface area contributed by atoms with Crippen LogP contribution in [0.2, 0.25) is 0 Å². The van der Waals surface area contributed by atoms with E-state index in [-0.39, 0.29) is 40.8 Å². The zero-order valence-electron chi connectivity index (χ0n) is 44.5. The molecule has 0 aliphatic carbocycles. The van der Waals surface area contributed by atoms with Crippen LogP contribution in [0.25, 0.3) is 0 Å². The molecule has 2 aromatic carbocycles. The van der Waals surface area contributed by atoms with Gasteiger partial charge in [-0.2, -0.15) is 0 Å². The molecule has 2 aromatic rings. The predicted octanol–water partition coefficient (Wildman–Crippen LogP) is 12.1. The van der Waals surface area contributed by atoms with Gasteiger partial charge in [0.05, 0.1) is 0 Å². The van der Waals surface area contributed by atoms with Crippen LogP contribution >= 0.6 is 0 Å². The standard InChI is InChI=1S/C57H100N4O4/c1-15-17-19-21-23-25-35-60(47-37-53(3,4)58(13)54(5,6)38-47)41-49(62)43-64-51-31-27-45(28-32-51)57(11,12)46-29-33-52(34-30-46)65-44-50(63)42-61(36-26-24-22-20-18-16-2)48-39-55(7,8)59(14)56(9,10)40-48/h27-34,47-50,62-63H,15-26,35-44H2,1-14H3. The summed E-state index contributed by atoms with van der Waals surface area (Å²) in [6.45, 7) is 31.9. The van der Waals surface area contributed by atoms with E-state index in [1.54, 1.807) is 0 Å². The van der Waals surface area contributed by atoms with Gasteiger partial charge < -0.3 is 19.7 Å². The minimum atomic E-state index is -0.568. The lowest BCUT2D eigenvalue weighted by Crippen LogP contribution is -2.63. The maximum atomic E-state index is 11.4. The molecule has 4 rings (SSSR count). The Morgan fingerprint density at radius 2 is 0.815 bits per heavy atom. The van der Waals surface area contributed by atoms with E-state index in [2.05, 4.69) is 141 Å². The molecule has 2 aliphatic rings. The quantitative estimate of drug-likeness (QED) is 0.0819. The van der Waals surface area contributed by atoms with E-state index in [4.69, 9.17) is 9.47 Å². The van der Waals surface area contributed by atoms with E-state index in [0.29, 0.717) is 25.2 Å². The summed E-state index contributed by atoms with van der Waals surface area (Å²) in [6.07, 6.45) is 18.5. The molecule has 2 atom stereocenters. The Hall–Kier alpha value is -2.20. The average molecular weight is 905 g/mol. The smallest absolute Gasteiger partial charge is 0.119 e. The monoisotopic (exact) mass is 905 g/mol. The molecule has 0 spiro atoms. The van der Waals surface area contributed by atoms with Gasteiger partial charge in [-0.25, -0.2) is 0 Å². The molecule has 8 nitrogen and oxygen atoms in total. The highest BCUT2D eigenvalue weighted by atomic mass is 16.5. The van der Waals surface area contributed by atoms with Crippen LogP contribution in [0.1, 0.15) is 197 Å². The fourth-order valence-corrected chi connectivity index (χ4v) is 11.3. The summed E-state index contributed by atoms with van der Waals surface area (Å²) in [6, 6.07) is 17.6. The van der Waals surface area contributed by atoms with E-state index in [9.17, 15) is 10.2 Å². The fourth-order valence-electron chi connectivity index (χ4n) is 11.3. The second-order valence-electron chi connectivity index (χ2n) is 23.6. The second kappa shape index (κ2) is 24.9. The lowest BCUT2D eigenvalue weighted by Gasteiger charge is -2.56. The molecule has 0 amide bonds. The first kappa shape index (κ1) is 55.4. The summed E-state index contributed by atoms with van der Waals surface area (Å²) >= 11 is 0. The molecule has 65 heavy (non-hydrogen) atoms. The molecule has 2 unspecified atom stereocenters. The van der Waals surface area contributed by atoms with Gasteiger partial charge in [0.1, 0.15) is 36.9 Å². The molecule has 372 valence electrons. The zero-order chi connectivity index (χ0) is 48.1. The van der Waals surface area contributed by atoms with Crippen LogP contribution in [0.3, 0.4) is 0 Å². The van der Waals surface area contributed by atoms with Crippen LogP contribution in [-0.2, 0) is 5.41 Å². The molecule has 2 fully saturated rings. The van der Waals surface area contributed by atoms with E-state index in [1.807, 2.05) is 24.3 Å². The van der Waals surface area contributed by atoms with E-state index in [0.717, 1.165) is 50.3 Å². The van der Waals surface area contributed by atoms with Gasteiger partial charge >= 0.3 is 0 Å². The van der Waals surface area contributed by atoms with Crippen molar-refractivity contribution in [1.29, 1.82) is 0 Å². The first-order valence-electron chi connectivity index (χ1n) is 26.3. The number of aliphatic hydroxyl groups is 2. The summed E-state index contributed by atoms with van der Waals surface area (Å²) in [5.41, 5.74) is 2.53. The zero-order valence-corrected chi connectivity index (χ0v) is 44.5. The number of nitrogens with zero attached hydrogens (tertiary/aromatic N) is 4. The van der Waals surface area contributed by atoms with Gasteiger partial charge in [-0.1, -0.05) is 116 Å². The van der Waals surface area contributed by atoms with Crippen molar-refractivity contribution in [1.82, 2.24) is 19.6 Å². The summed E-state index contributed by atoms with van der Waals surface area (Å²) < 4.78 is 12.5. The van der Waals surface area contributed by atoms with Crippen molar-refractivity contribution in [2.75, 3.05) is 53.5 Å². The number of unbranched alkanes of at least 4 members (excludes halogenated alkanes) is 10. The largest absolute Gasteiger partial charge is 0.491 e. The van der Waals surface area contributed by atoms with Gasteiger partial charge in [-0.3, -0.25) is 19.6 Å². The molecule has 0 aromatic heterocycles. The van der Waals surface area contributed by atoms with Crippen LogP contribution in [0.4, 0.5) is 0 Å². The summed E-state index contributed by atoms with van der Waals surface area (Å²) in [5, 5.41) is 22.8. The number of hydrogen-bond donors (Lipinski definition) is 2. The molecular weight excluding hydrogens is 805 g/mol. The number of hydrogen-bond acceptors (Lipinski definition) is 8. The van der Waals surface area contributed by atoms with Gasteiger partial charge in [-0.15, -0.1) is 0 Å². The third-order valence-electron chi connectivity index (χ3n) is 16.1. The number of piperidine rings is 2. The highest BCUT2D eigenvalue weighted by Gasteiger charge is 2.46. The van der Waals surface area contributed by atoms with Crippen molar-refractivity contribution in [3.05, 3.63) is 59.7 Å². The number of rotatable bonds is 28. The Kier molecular flexibility index (Phi) is 21.2. The summed E-state index contributed by atoms with van der Waals surface area (Å²) in [5.74, 6) is 1.56. The Balaban J connectivity index is 1.31. The van der Waals surface area contributed by atoms with Crippen LogP contribution in [-0.4, -0.2) is 130 Å². The Morgan fingerprint density at radius 3 is 1.12 bits per heavy atom. The van der Waals surface area contributed by atoms with E-state index >= 15 is 0 Å². The van der Waals surface area contributed by atoms with Crippen LogP contribution in [0.5, 0.6) is 11.5 Å². The molecule has 2 N–H and O–H groups in total. The summed E-state index contributed by atoms with van der Waals surface area (Å²) in [4.78, 5) is 10.3. The van der Waals surface area contributed by atoms with Crippen molar-refractivity contribution in [3.63, 3.8) is 0 Å². The molecular formula is C57H100N4O4.